The van der Waals surface area contributed by atoms with Gasteiger partial charge in [0.2, 0.25) is 0 Å². The maximum atomic E-state index is 5.70. The van der Waals surface area contributed by atoms with Crippen molar-refractivity contribution in [2.45, 2.75) is 39.7 Å². The summed E-state index contributed by atoms with van der Waals surface area (Å²) in [6.07, 6.45) is 2.30. The van der Waals surface area contributed by atoms with Gasteiger partial charge in [0.1, 0.15) is 0 Å². The molecule has 0 radical (unpaired) electrons. The number of rotatable bonds is 10. The molecule has 0 aliphatic heterocycles. The maximum absolute atomic E-state index is 5.70. The van der Waals surface area contributed by atoms with E-state index in [0.717, 1.165) is 13.0 Å². The second-order valence-electron chi connectivity index (χ2n) is 5.23. The zero-order valence-corrected chi connectivity index (χ0v) is 13.4. The van der Waals surface area contributed by atoms with Crippen LogP contribution in [0.25, 0.3) is 0 Å². The van der Waals surface area contributed by atoms with Crippen LogP contribution in [0.5, 0.6) is 0 Å². The molecule has 0 aromatic heterocycles. The molecule has 0 bridgehead atoms. The van der Waals surface area contributed by atoms with Gasteiger partial charge in [-0.1, -0.05) is 31.5 Å². The van der Waals surface area contributed by atoms with Crippen LogP contribution in [0, 0.1) is 13.8 Å². The Balaban J connectivity index is 2.30. The van der Waals surface area contributed by atoms with Crippen LogP contribution in [0.2, 0.25) is 0 Å². The summed E-state index contributed by atoms with van der Waals surface area (Å²) in [5, 5.41) is 3.31. The fourth-order valence-corrected chi connectivity index (χ4v) is 2.00. The van der Waals surface area contributed by atoms with Gasteiger partial charge in [0.15, 0.2) is 0 Å². The molecule has 0 aliphatic carbocycles. The molecule has 114 valence electrons. The van der Waals surface area contributed by atoms with Crippen LogP contribution >= 0.6 is 0 Å². The number of benzene rings is 1. The Morgan fingerprint density at radius 1 is 1.05 bits per heavy atom. The Kier molecular flexibility index (Phi) is 8.51. The number of unbranched alkanes of at least 4 members (excludes halogenated alkanes) is 1. The standard InChI is InChI=1S/C17H29NO2/c1-5-6-9-19-10-11-20-13-17(18-4)16-8-7-14(2)15(3)12-16/h7-8,12,17-18H,5-6,9-11,13H2,1-4H3. The predicted octanol–water partition coefficient (Wildman–Crippen LogP) is 3.40. The molecule has 1 rings (SSSR count). The second kappa shape index (κ2) is 9.92. The van der Waals surface area contributed by atoms with E-state index in [1.165, 1.54) is 23.1 Å². The van der Waals surface area contributed by atoms with Crippen LogP contribution < -0.4 is 5.32 Å². The van der Waals surface area contributed by atoms with Crippen molar-refractivity contribution in [1.29, 1.82) is 0 Å². The number of ether oxygens (including phenoxy) is 2. The van der Waals surface area contributed by atoms with Gasteiger partial charge in [0, 0.05) is 6.61 Å². The molecule has 1 N–H and O–H groups in total. The van der Waals surface area contributed by atoms with Gasteiger partial charge in [-0.05, 0) is 44.0 Å². The largest absolute Gasteiger partial charge is 0.379 e. The quantitative estimate of drug-likeness (QED) is 0.666. The summed E-state index contributed by atoms with van der Waals surface area (Å²) >= 11 is 0. The maximum Gasteiger partial charge on any atom is 0.0701 e. The van der Waals surface area contributed by atoms with E-state index >= 15 is 0 Å². The number of likely N-dealkylation sites (N-methyl/N-ethyl adjacent to an activating group) is 1. The average Bonchev–Trinajstić information content (AvgIpc) is 2.45. The Morgan fingerprint density at radius 3 is 2.45 bits per heavy atom. The van der Waals surface area contributed by atoms with Gasteiger partial charge in [0.05, 0.1) is 25.9 Å². The van der Waals surface area contributed by atoms with Crippen LogP contribution in [-0.4, -0.2) is 33.5 Å². The van der Waals surface area contributed by atoms with Gasteiger partial charge in [-0.25, -0.2) is 0 Å². The molecule has 0 fully saturated rings. The van der Waals surface area contributed by atoms with Crippen molar-refractivity contribution in [3.63, 3.8) is 0 Å². The van der Waals surface area contributed by atoms with Gasteiger partial charge < -0.3 is 14.8 Å². The van der Waals surface area contributed by atoms with E-state index in [0.29, 0.717) is 19.8 Å². The first-order valence-electron chi connectivity index (χ1n) is 7.59. The van der Waals surface area contributed by atoms with Crippen LogP contribution in [0.4, 0.5) is 0 Å². The molecule has 1 aromatic rings. The van der Waals surface area contributed by atoms with Crippen LogP contribution in [0.15, 0.2) is 18.2 Å². The van der Waals surface area contributed by atoms with Crippen molar-refractivity contribution in [2.24, 2.45) is 0 Å². The Hall–Kier alpha value is -0.900. The van der Waals surface area contributed by atoms with Crippen molar-refractivity contribution in [3.05, 3.63) is 34.9 Å². The van der Waals surface area contributed by atoms with E-state index in [-0.39, 0.29) is 6.04 Å². The lowest BCUT2D eigenvalue weighted by molar-refractivity contribution is 0.0388. The summed E-state index contributed by atoms with van der Waals surface area (Å²) in [5.74, 6) is 0. The Morgan fingerprint density at radius 2 is 1.80 bits per heavy atom. The van der Waals surface area contributed by atoms with Gasteiger partial charge in [-0.15, -0.1) is 0 Å². The van der Waals surface area contributed by atoms with Gasteiger partial charge >= 0.3 is 0 Å². The van der Waals surface area contributed by atoms with E-state index in [4.69, 9.17) is 9.47 Å². The molecule has 3 heteroatoms. The van der Waals surface area contributed by atoms with E-state index < -0.39 is 0 Å². The van der Waals surface area contributed by atoms with E-state index in [1.807, 2.05) is 7.05 Å². The second-order valence-corrected chi connectivity index (χ2v) is 5.23. The van der Waals surface area contributed by atoms with Crippen molar-refractivity contribution in [2.75, 3.05) is 33.5 Å². The predicted molar refractivity (Wildman–Crippen MR) is 84.3 cm³/mol. The van der Waals surface area contributed by atoms with Crippen LogP contribution in [0.1, 0.15) is 42.5 Å². The molecule has 20 heavy (non-hydrogen) atoms. The Bertz CT molecular complexity index is 379. The van der Waals surface area contributed by atoms with Crippen LogP contribution in [-0.2, 0) is 9.47 Å². The summed E-state index contributed by atoms with van der Waals surface area (Å²) in [6.45, 7) is 9.31. The monoisotopic (exact) mass is 279 g/mol. The first kappa shape index (κ1) is 17.2. The molecule has 0 heterocycles. The molecule has 1 atom stereocenters. The van der Waals surface area contributed by atoms with Gasteiger partial charge in [-0.3, -0.25) is 0 Å². The minimum atomic E-state index is 0.241. The van der Waals surface area contributed by atoms with Crippen molar-refractivity contribution >= 4 is 0 Å². The molecule has 0 saturated carbocycles. The zero-order valence-electron chi connectivity index (χ0n) is 13.4. The number of aryl methyl sites for hydroxylation is 2. The van der Waals surface area contributed by atoms with E-state index in [1.54, 1.807) is 0 Å². The third-order valence-corrected chi connectivity index (χ3v) is 3.58. The van der Waals surface area contributed by atoms with Crippen molar-refractivity contribution in [3.8, 4) is 0 Å². The van der Waals surface area contributed by atoms with E-state index in [2.05, 4.69) is 44.3 Å². The lowest BCUT2D eigenvalue weighted by Gasteiger charge is -2.18. The molecular weight excluding hydrogens is 250 g/mol. The molecule has 0 saturated heterocycles. The fourth-order valence-electron chi connectivity index (χ4n) is 2.00. The lowest BCUT2D eigenvalue weighted by atomic mass is 10.0. The molecular formula is C17H29NO2. The van der Waals surface area contributed by atoms with Gasteiger partial charge in [-0.2, -0.15) is 0 Å². The molecule has 3 nitrogen and oxygen atoms in total. The molecule has 0 aliphatic rings. The summed E-state index contributed by atoms with van der Waals surface area (Å²) in [6, 6.07) is 6.82. The molecule has 1 aromatic carbocycles. The SMILES string of the molecule is CCCCOCCOCC(NC)c1ccc(C)c(C)c1. The highest BCUT2D eigenvalue weighted by Crippen LogP contribution is 2.17. The fraction of sp³-hybridized carbons (Fsp3) is 0.647. The Labute approximate surface area is 123 Å². The molecule has 1 unspecified atom stereocenters. The van der Waals surface area contributed by atoms with Gasteiger partial charge in [0.25, 0.3) is 0 Å². The summed E-state index contributed by atoms with van der Waals surface area (Å²) in [5.41, 5.74) is 3.93. The van der Waals surface area contributed by atoms with Crippen molar-refractivity contribution in [1.82, 2.24) is 5.32 Å². The lowest BCUT2D eigenvalue weighted by Crippen LogP contribution is -2.23. The minimum absolute atomic E-state index is 0.241. The molecule has 0 spiro atoms. The minimum Gasteiger partial charge on any atom is -0.379 e. The zero-order chi connectivity index (χ0) is 14.8. The van der Waals surface area contributed by atoms with Crippen molar-refractivity contribution < 1.29 is 9.47 Å². The number of hydrogen-bond donors (Lipinski definition) is 1. The highest BCUT2D eigenvalue weighted by atomic mass is 16.5. The summed E-state index contributed by atoms with van der Waals surface area (Å²) in [7, 11) is 1.97. The first-order valence-corrected chi connectivity index (χ1v) is 7.59. The smallest absolute Gasteiger partial charge is 0.0701 e. The first-order chi connectivity index (χ1) is 9.69. The highest BCUT2D eigenvalue weighted by molar-refractivity contribution is 5.31. The number of hydrogen-bond acceptors (Lipinski definition) is 3. The number of nitrogens with one attached hydrogen (secondary N) is 1. The highest BCUT2D eigenvalue weighted by Gasteiger charge is 2.09. The summed E-state index contributed by atoms with van der Waals surface area (Å²) < 4.78 is 11.2. The third-order valence-electron chi connectivity index (χ3n) is 3.58. The average molecular weight is 279 g/mol. The topological polar surface area (TPSA) is 30.5 Å². The summed E-state index contributed by atoms with van der Waals surface area (Å²) in [4.78, 5) is 0. The third kappa shape index (κ3) is 6.04. The normalized spacial score (nSPS) is 12.6. The van der Waals surface area contributed by atoms with E-state index in [9.17, 15) is 0 Å². The molecule has 0 amide bonds. The van der Waals surface area contributed by atoms with Crippen LogP contribution in [0.3, 0.4) is 0 Å².